The summed E-state index contributed by atoms with van der Waals surface area (Å²) in [5.74, 6) is 0.0725. The molecule has 1 saturated carbocycles. The minimum absolute atomic E-state index is 0.0725. The number of amides is 1. The van der Waals surface area contributed by atoms with Gasteiger partial charge in [0.2, 0.25) is 5.91 Å². The molecule has 0 unspecified atom stereocenters. The number of carbonyl (C=O) groups is 1. The van der Waals surface area contributed by atoms with Crippen molar-refractivity contribution in [3.63, 3.8) is 0 Å². The van der Waals surface area contributed by atoms with Crippen molar-refractivity contribution in [3.8, 4) is 0 Å². The number of methoxy groups -OCH3 is 1. The summed E-state index contributed by atoms with van der Waals surface area (Å²) in [7, 11) is 1.63. The fourth-order valence-electron chi connectivity index (χ4n) is 2.15. The largest absolute Gasteiger partial charge is 0.392 e. The van der Waals surface area contributed by atoms with Crippen molar-refractivity contribution < 1.29 is 9.53 Å². The summed E-state index contributed by atoms with van der Waals surface area (Å²) in [4.78, 5) is 14.7. The van der Waals surface area contributed by atoms with Crippen LogP contribution in [0.15, 0.2) is 0 Å². The van der Waals surface area contributed by atoms with Crippen LogP contribution in [0.5, 0.6) is 0 Å². The number of rotatable bonds is 6. The molecule has 0 radical (unpaired) electrons. The maximum atomic E-state index is 12.5. The predicted octanol–water partition coefficient (Wildman–Crippen LogP) is 1.33. The van der Waals surface area contributed by atoms with E-state index in [0.29, 0.717) is 18.1 Å². The van der Waals surface area contributed by atoms with Crippen molar-refractivity contribution >= 4 is 23.1 Å². The van der Waals surface area contributed by atoms with Crippen LogP contribution in [-0.2, 0) is 9.53 Å². The number of nitrogens with zero attached hydrogens (tertiary/aromatic N) is 1. The molecule has 1 aliphatic carbocycles. The van der Waals surface area contributed by atoms with Crippen molar-refractivity contribution in [2.24, 2.45) is 11.1 Å². The van der Waals surface area contributed by atoms with Gasteiger partial charge < -0.3 is 15.4 Å². The zero-order valence-electron chi connectivity index (χ0n) is 10.9. The molecule has 98 valence electrons. The number of hydrogen-bond acceptors (Lipinski definition) is 3. The minimum atomic E-state index is -0.576. The molecule has 1 amide bonds. The Morgan fingerprint density at radius 3 is 2.41 bits per heavy atom. The molecule has 0 saturated heterocycles. The van der Waals surface area contributed by atoms with Crippen molar-refractivity contribution in [1.29, 1.82) is 0 Å². The average molecular weight is 258 g/mol. The molecular formula is C12H22N2O2S. The van der Waals surface area contributed by atoms with Gasteiger partial charge in [-0.3, -0.25) is 4.79 Å². The Bertz CT molecular complexity index is 301. The van der Waals surface area contributed by atoms with E-state index in [1.807, 2.05) is 18.7 Å². The molecule has 1 fully saturated rings. The molecule has 0 aliphatic heterocycles. The highest BCUT2D eigenvalue weighted by atomic mass is 32.1. The van der Waals surface area contributed by atoms with Crippen LogP contribution in [0.4, 0.5) is 0 Å². The third-order valence-electron chi connectivity index (χ3n) is 3.51. The molecule has 0 bridgehead atoms. The fourth-order valence-corrected chi connectivity index (χ4v) is 2.45. The average Bonchev–Trinajstić information content (AvgIpc) is 2.15. The molecule has 0 spiro atoms. The van der Waals surface area contributed by atoms with Gasteiger partial charge in [-0.15, -0.1) is 0 Å². The second-order valence-corrected chi connectivity index (χ2v) is 5.32. The van der Waals surface area contributed by atoms with Gasteiger partial charge >= 0.3 is 0 Å². The first-order valence-corrected chi connectivity index (χ1v) is 6.46. The Morgan fingerprint density at radius 2 is 2.12 bits per heavy atom. The Labute approximate surface area is 108 Å². The van der Waals surface area contributed by atoms with Gasteiger partial charge in [-0.1, -0.05) is 18.6 Å². The maximum Gasteiger partial charge on any atom is 0.235 e. The highest BCUT2D eigenvalue weighted by Gasteiger charge is 2.49. The normalized spacial score (nSPS) is 17.6. The molecule has 0 heterocycles. The molecule has 1 rings (SSSR count). The van der Waals surface area contributed by atoms with Gasteiger partial charge in [-0.25, -0.2) is 0 Å². The summed E-state index contributed by atoms with van der Waals surface area (Å²) < 4.78 is 5.04. The predicted molar refractivity (Wildman–Crippen MR) is 71.8 cm³/mol. The van der Waals surface area contributed by atoms with Crippen LogP contribution in [0.1, 0.15) is 33.1 Å². The quantitative estimate of drug-likeness (QED) is 0.730. The lowest BCUT2D eigenvalue weighted by Crippen LogP contribution is -2.56. The highest BCUT2D eigenvalue weighted by Crippen LogP contribution is 2.43. The molecular weight excluding hydrogens is 236 g/mol. The van der Waals surface area contributed by atoms with Crippen LogP contribution >= 0.6 is 12.2 Å². The van der Waals surface area contributed by atoms with Crippen LogP contribution in [0, 0.1) is 5.41 Å². The Morgan fingerprint density at radius 1 is 1.53 bits per heavy atom. The van der Waals surface area contributed by atoms with E-state index in [1.165, 1.54) is 0 Å². The first-order chi connectivity index (χ1) is 7.95. The van der Waals surface area contributed by atoms with Crippen molar-refractivity contribution in [1.82, 2.24) is 4.90 Å². The lowest BCUT2D eigenvalue weighted by Gasteiger charge is -2.43. The van der Waals surface area contributed by atoms with Crippen LogP contribution < -0.4 is 5.73 Å². The maximum absolute atomic E-state index is 12.5. The van der Waals surface area contributed by atoms with Gasteiger partial charge in [0.15, 0.2) is 0 Å². The number of thiocarbonyl (C=S) groups is 1. The summed E-state index contributed by atoms with van der Waals surface area (Å²) >= 11 is 5.07. The highest BCUT2D eigenvalue weighted by molar-refractivity contribution is 7.80. The number of carbonyl (C=O) groups excluding carboxylic acids is 1. The zero-order chi connectivity index (χ0) is 13.1. The first kappa shape index (κ1) is 14.4. The molecule has 17 heavy (non-hydrogen) atoms. The summed E-state index contributed by atoms with van der Waals surface area (Å²) in [6.45, 7) is 5.13. The molecule has 0 atom stereocenters. The molecule has 5 heteroatoms. The van der Waals surface area contributed by atoms with Gasteiger partial charge in [0, 0.05) is 19.7 Å². The summed E-state index contributed by atoms with van der Waals surface area (Å²) in [6.07, 6.45) is 2.61. The monoisotopic (exact) mass is 258 g/mol. The summed E-state index contributed by atoms with van der Waals surface area (Å²) in [5, 5.41) is 0. The molecule has 0 aromatic rings. The molecule has 4 nitrogen and oxygen atoms in total. The van der Waals surface area contributed by atoms with Crippen LogP contribution in [0.25, 0.3) is 0 Å². The van der Waals surface area contributed by atoms with E-state index in [2.05, 4.69) is 0 Å². The van der Waals surface area contributed by atoms with E-state index < -0.39 is 5.41 Å². The van der Waals surface area contributed by atoms with Crippen LogP contribution in [-0.4, -0.2) is 42.1 Å². The SMILES string of the molecule is COCCN(C(=O)C1(C(N)=S)CCC1)C(C)C. The second kappa shape index (κ2) is 5.78. The first-order valence-electron chi connectivity index (χ1n) is 6.05. The Balaban J connectivity index is 2.79. The summed E-state index contributed by atoms with van der Waals surface area (Å²) in [6, 6.07) is 0.143. The van der Waals surface area contributed by atoms with Crippen molar-refractivity contribution in [2.75, 3.05) is 20.3 Å². The van der Waals surface area contributed by atoms with Crippen molar-refractivity contribution in [3.05, 3.63) is 0 Å². The van der Waals surface area contributed by atoms with Gasteiger partial charge in [0.1, 0.15) is 0 Å². The molecule has 0 aromatic carbocycles. The zero-order valence-corrected chi connectivity index (χ0v) is 11.7. The lowest BCUT2D eigenvalue weighted by molar-refractivity contribution is -0.144. The smallest absolute Gasteiger partial charge is 0.235 e. The van der Waals surface area contributed by atoms with E-state index in [9.17, 15) is 4.79 Å². The second-order valence-electron chi connectivity index (χ2n) is 4.89. The van der Waals surface area contributed by atoms with E-state index in [4.69, 9.17) is 22.7 Å². The van der Waals surface area contributed by atoms with E-state index in [0.717, 1.165) is 19.3 Å². The molecule has 1 aliphatic rings. The molecule has 2 N–H and O–H groups in total. The standard InChI is InChI=1S/C12H22N2O2S/c1-9(2)14(7-8-16-3)11(15)12(10(13)17)5-4-6-12/h9H,4-8H2,1-3H3,(H2,13,17). The topological polar surface area (TPSA) is 55.6 Å². The van der Waals surface area contributed by atoms with Gasteiger partial charge in [-0.2, -0.15) is 0 Å². The Kier molecular flexibility index (Phi) is 4.89. The van der Waals surface area contributed by atoms with E-state index in [1.54, 1.807) is 7.11 Å². The van der Waals surface area contributed by atoms with Gasteiger partial charge in [-0.05, 0) is 26.7 Å². The minimum Gasteiger partial charge on any atom is -0.392 e. The number of ether oxygens (including phenoxy) is 1. The van der Waals surface area contributed by atoms with Crippen LogP contribution in [0.2, 0.25) is 0 Å². The summed E-state index contributed by atoms with van der Waals surface area (Å²) in [5.41, 5.74) is 5.18. The van der Waals surface area contributed by atoms with Gasteiger partial charge in [0.05, 0.1) is 17.0 Å². The molecule has 0 aromatic heterocycles. The van der Waals surface area contributed by atoms with E-state index in [-0.39, 0.29) is 11.9 Å². The fraction of sp³-hybridized carbons (Fsp3) is 0.833. The van der Waals surface area contributed by atoms with Crippen LogP contribution in [0.3, 0.4) is 0 Å². The number of hydrogen-bond donors (Lipinski definition) is 1. The third-order valence-corrected chi connectivity index (χ3v) is 3.90. The van der Waals surface area contributed by atoms with E-state index >= 15 is 0 Å². The Hall–Kier alpha value is -0.680. The van der Waals surface area contributed by atoms with Gasteiger partial charge in [0.25, 0.3) is 0 Å². The third kappa shape index (κ3) is 2.77. The number of nitrogens with two attached hydrogens (primary N) is 1. The lowest BCUT2D eigenvalue weighted by atomic mass is 9.67. The van der Waals surface area contributed by atoms with Crippen molar-refractivity contribution in [2.45, 2.75) is 39.2 Å².